The number of aromatic amines is 1. The van der Waals surface area contributed by atoms with E-state index in [1.54, 1.807) is 0 Å². The highest BCUT2D eigenvalue weighted by Crippen LogP contribution is 2.20. The minimum atomic E-state index is -0.239. The Kier molecular flexibility index (Phi) is 2.81. The number of H-pyrrole nitrogens is 1. The van der Waals surface area contributed by atoms with Crippen LogP contribution in [0, 0.1) is 0 Å². The molecule has 1 N–H and O–H groups in total. The maximum absolute atomic E-state index is 11.1. The number of rotatable bonds is 3. The van der Waals surface area contributed by atoms with Crippen LogP contribution in [0.3, 0.4) is 0 Å². The highest BCUT2D eigenvalue weighted by Gasteiger charge is 2.07. The molecule has 0 saturated carbocycles. The Bertz CT molecular complexity index is 504. The van der Waals surface area contributed by atoms with Gasteiger partial charge in [0.15, 0.2) is 0 Å². The molecule has 0 amide bonds. The topological polar surface area (TPSA) is 45.3 Å². The minimum Gasteiger partial charge on any atom is -0.468 e. The molecule has 0 aliphatic rings. The molecule has 84 valence electrons. The van der Waals surface area contributed by atoms with E-state index >= 15 is 0 Å². The summed E-state index contributed by atoms with van der Waals surface area (Å²) in [7, 11) is 3.26. The fourth-order valence-corrected chi connectivity index (χ4v) is 1.63. The Balaban J connectivity index is 2.22. The summed E-state index contributed by atoms with van der Waals surface area (Å²) < 4.78 is 4.63. The number of benzene rings is 1. The van der Waals surface area contributed by atoms with E-state index in [0.29, 0.717) is 0 Å². The normalized spacial score (nSPS) is 10.4. The monoisotopic (exact) mass is 218 g/mol. The summed E-state index contributed by atoms with van der Waals surface area (Å²) in [6, 6.07) is 8.01. The predicted octanol–water partition coefficient (Wildman–Crippen LogP) is 1.78. The summed E-state index contributed by atoms with van der Waals surface area (Å²) in [5.74, 6) is -0.239. The number of fused-ring (bicyclic) bond motifs is 1. The van der Waals surface area contributed by atoms with Crippen LogP contribution in [-0.4, -0.2) is 31.7 Å². The number of hydrogen-bond donors (Lipinski definition) is 1. The van der Waals surface area contributed by atoms with E-state index in [0.717, 1.165) is 16.6 Å². The van der Waals surface area contributed by atoms with Gasteiger partial charge in [0, 0.05) is 29.8 Å². The molecule has 0 unspecified atom stereocenters. The van der Waals surface area contributed by atoms with Crippen LogP contribution in [0.25, 0.3) is 10.9 Å². The van der Waals surface area contributed by atoms with Gasteiger partial charge >= 0.3 is 5.97 Å². The van der Waals surface area contributed by atoms with Gasteiger partial charge in [-0.05, 0) is 24.3 Å². The molecule has 4 nitrogen and oxygen atoms in total. The van der Waals surface area contributed by atoms with Crippen LogP contribution in [-0.2, 0) is 9.53 Å². The van der Waals surface area contributed by atoms with E-state index in [9.17, 15) is 4.79 Å². The predicted molar refractivity (Wildman–Crippen MR) is 63.6 cm³/mol. The smallest absolute Gasteiger partial charge is 0.325 e. The maximum Gasteiger partial charge on any atom is 0.325 e. The number of hydrogen-bond acceptors (Lipinski definition) is 3. The molecule has 0 aliphatic heterocycles. The lowest BCUT2D eigenvalue weighted by Gasteiger charge is -2.17. The van der Waals surface area contributed by atoms with Crippen LogP contribution in [0.1, 0.15) is 0 Å². The van der Waals surface area contributed by atoms with Crippen LogP contribution < -0.4 is 4.90 Å². The lowest BCUT2D eigenvalue weighted by atomic mass is 10.2. The van der Waals surface area contributed by atoms with Gasteiger partial charge in [0.1, 0.15) is 6.54 Å². The third kappa shape index (κ3) is 2.00. The third-order valence-electron chi connectivity index (χ3n) is 2.57. The summed E-state index contributed by atoms with van der Waals surface area (Å²) in [6.45, 7) is 0.256. The third-order valence-corrected chi connectivity index (χ3v) is 2.57. The first-order chi connectivity index (χ1) is 7.70. The van der Waals surface area contributed by atoms with Gasteiger partial charge in [0.05, 0.1) is 7.11 Å². The molecule has 4 heteroatoms. The number of nitrogens with one attached hydrogen (secondary N) is 1. The van der Waals surface area contributed by atoms with Gasteiger partial charge in [0.25, 0.3) is 0 Å². The first-order valence-electron chi connectivity index (χ1n) is 5.06. The number of carbonyl (C=O) groups excluding carboxylic acids is 1. The number of likely N-dealkylation sites (N-methyl/N-ethyl adjacent to an activating group) is 1. The average molecular weight is 218 g/mol. The van der Waals surface area contributed by atoms with Crippen molar-refractivity contribution < 1.29 is 9.53 Å². The van der Waals surface area contributed by atoms with Gasteiger partial charge < -0.3 is 14.6 Å². The molecule has 0 atom stereocenters. The number of ether oxygens (including phenoxy) is 1. The molecule has 1 heterocycles. The zero-order valence-corrected chi connectivity index (χ0v) is 9.36. The number of anilines is 1. The molecule has 1 aromatic carbocycles. The second-order valence-electron chi connectivity index (χ2n) is 3.68. The lowest BCUT2D eigenvalue weighted by molar-refractivity contribution is -0.138. The summed E-state index contributed by atoms with van der Waals surface area (Å²) in [5, 5.41) is 1.13. The fourth-order valence-electron chi connectivity index (χ4n) is 1.63. The fraction of sp³-hybridized carbons (Fsp3) is 0.250. The van der Waals surface area contributed by atoms with Crippen LogP contribution in [0.2, 0.25) is 0 Å². The molecule has 0 spiro atoms. The zero-order chi connectivity index (χ0) is 11.5. The van der Waals surface area contributed by atoms with Crippen LogP contribution in [0.4, 0.5) is 5.69 Å². The van der Waals surface area contributed by atoms with E-state index in [1.807, 2.05) is 42.4 Å². The quantitative estimate of drug-likeness (QED) is 0.799. The number of carbonyl (C=O) groups is 1. The molecule has 1 aromatic heterocycles. The Labute approximate surface area is 93.8 Å². The van der Waals surface area contributed by atoms with Crippen molar-refractivity contribution in [1.29, 1.82) is 0 Å². The number of nitrogens with zero attached hydrogens (tertiary/aromatic N) is 1. The van der Waals surface area contributed by atoms with E-state index in [-0.39, 0.29) is 12.5 Å². The van der Waals surface area contributed by atoms with E-state index < -0.39 is 0 Å². The van der Waals surface area contributed by atoms with E-state index in [2.05, 4.69) is 9.72 Å². The summed E-state index contributed by atoms with van der Waals surface area (Å²) >= 11 is 0. The van der Waals surface area contributed by atoms with Crippen molar-refractivity contribution in [2.45, 2.75) is 0 Å². The van der Waals surface area contributed by atoms with Crippen LogP contribution >= 0.6 is 0 Å². The van der Waals surface area contributed by atoms with Gasteiger partial charge in [-0.25, -0.2) is 0 Å². The van der Waals surface area contributed by atoms with Crippen molar-refractivity contribution in [1.82, 2.24) is 4.98 Å². The molecule has 0 radical (unpaired) electrons. The van der Waals surface area contributed by atoms with Gasteiger partial charge in [-0.15, -0.1) is 0 Å². The molecule has 2 rings (SSSR count). The van der Waals surface area contributed by atoms with Crippen molar-refractivity contribution in [3.05, 3.63) is 30.5 Å². The van der Waals surface area contributed by atoms with Gasteiger partial charge in [-0.3, -0.25) is 4.79 Å². The van der Waals surface area contributed by atoms with E-state index in [1.165, 1.54) is 7.11 Å². The van der Waals surface area contributed by atoms with Crippen molar-refractivity contribution >= 4 is 22.6 Å². The Morgan fingerprint density at radius 2 is 2.25 bits per heavy atom. The SMILES string of the molecule is COC(=O)CN(C)c1ccc2[nH]ccc2c1. The molecule has 0 saturated heterocycles. The summed E-state index contributed by atoms with van der Waals surface area (Å²) in [6.07, 6.45) is 1.90. The Hall–Kier alpha value is -1.97. The second kappa shape index (κ2) is 4.26. The van der Waals surface area contributed by atoms with Gasteiger partial charge in [0.2, 0.25) is 0 Å². The van der Waals surface area contributed by atoms with Crippen LogP contribution in [0.15, 0.2) is 30.5 Å². The van der Waals surface area contributed by atoms with Crippen molar-refractivity contribution in [2.24, 2.45) is 0 Å². The molecule has 0 bridgehead atoms. The largest absolute Gasteiger partial charge is 0.468 e. The highest BCUT2D eigenvalue weighted by atomic mass is 16.5. The molecule has 2 aromatic rings. The van der Waals surface area contributed by atoms with Crippen molar-refractivity contribution in [3.63, 3.8) is 0 Å². The average Bonchev–Trinajstić information content (AvgIpc) is 2.75. The first-order valence-corrected chi connectivity index (χ1v) is 5.06. The number of aromatic nitrogens is 1. The van der Waals surface area contributed by atoms with Crippen molar-refractivity contribution in [3.8, 4) is 0 Å². The molecule has 0 aliphatic carbocycles. The summed E-state index contributed by atoms with van der Waals surface area (Å²) in [5.41, 5.74) is 2.09. The van der Waals surface area contributed by atoms with Gasteiger partial charge in [-0.2, -0.15) is 0 Å². The Morgan fingerprint density at radius 3 is 3.00 bits per heavy atom. The standard InChI is InChI=1S/C12H14N2O2/c1-14(8-12(15)16-2)10-3-4-11-9(7-10)5-6-13-11/h3-7,13H,8H2,1-2H3. The van der Waals surface area contributed by atoms with Gasteiger partial charge in [-0.1, -0.05) is 0 Å². The second-order valence-corrected chi connectivity index (χ2v) is 3.68. The molecule has 16 heavy (non-hydrogen) atoms. The molecular formula is C12H14N2O2. The lowest BCUT2D eigenvalue weighted by Crippen LogP contribution is -2.26. The van der Waals surface area contributed by atoms with Crippen LogP contribution in [0.5, 0.6) is 0 Å². The zero-order valence-electron chi connectivity index (χ0n) is 9.36. The van der Waals surface area contributed by atoms with E-state index in [4.69, 9.17) is 0 Å². The molecule has 0 fully saturated rings. The number of esters is 1. The highest BCUT2D eigenvalue weighted by molar-refractivity contribution is 5.84. The minimum absolute atomic E-state index is 0.239. The Morgan fingerprint density at radius 1 is 1.44 bits per heavy atom. The maximum atomic E-state index is 11.1. The summed E-state index contributed by atoms with van der Waals surface area (Å²) in [4.78, 5) is 16.1. The first kappa shape index (κ1) is 10.5. The molecular weight excluding hydrogens is 204 g/mol. The number of methoxy groups -OCH3 is 1. The van der Waals surface area contributed by atoms with Crippen molar-refractivity contribution in [2.75, 3.05) is 25.6 Å².